The zero-order valence-electron chi connectivity index (χ0n) is 12.3. The molecule has 0 aliphatic carbocycles. The summed E-state index contributed by atoms with van der Waals surface area (Å²) in [6.07, 6.45) is 3.03. The smallest absolute Gasteiger partial charge is 0.142 e. The lowest BCUT2D eigenvalue weighted by molar-refractivity contribution is 0.256. The predicted octanol–water partition coefficient (Wildman–Crippen LogP) is 2.20. The van der Waals surface area contributed by atoms with Crippen LogP contribution in [0.5, 0.6) is 5.75 Å². The summed E-state index contributed by atoms with van der Waals surface area (Å²) < 4.78 is 0. The molecule has 5 heteroatoms. The van der Waals surface area contributed by atoms with Crippen molar-refractivity contribution in [3.63, 3.8) is 0 Å². The molecule has 2 N–H and O–H groups in total. The van der Waals surface area contributed by atoms with Crippen molar-refractivity contribution in [2.45, 2.75) is 19.4 Å². The van der Waals surface area contributed by atoms with Gasteiger partial charge in [0, 0.05) is 31.7 Å². The normalized spacial score (nSPS) is 15.1. The number of hydrogen-bond donors (Lipinski definition) is 2. The second-order valence-corrected chi connectivity index (χ2v) is 5.50. The standard InChI is InChI=1S/C17H19N3O2/c21-17-6-5-15(19-16(17)11-18-22)8-10-20-9-7-13-3-1-2-4-14(13)12-20/h1-6,11,21-22H,7-10,12H2/b18-11+. The van der Waals surface area contributed by atoms with Crippen LogP contribution in [-0.4, -0.2) is 39.5 Å². The Labute approximate surface area is 129 Å². The summed E-state index contributed by atoms with van der Waals surface area (Å²) in [4.78, 5) is 6.72. The summed E-state index contributed by atoms with van der Waals surface area (Å²) in [6.45, 7) is 2.95. The van der Waals surface area contributed by atoms with E-state index < -0.39 is 0 Å². The molecule has 1 aromatic carbocycles. The first-order valence-corrected chi connectivity index (χ1v) is 7.42. The molecule has 0 unspecified atom stereocenters. The molecule has 0 spiro atoms. The summed E-state index contributed by atoms with van der Waals surface area (Å²) in [5.41, 5.74) is 4.03. The van der Waals surface area contributed by atoms with Gasteiger partial charge in [0.2, 0.25) is 0 Å². The van der Waals surface area contributed by atoms with E-state index in [-0.39, 0.29) is 5.75 Å². The van der Waals surface area contributed by atoms with Gasteiger partial charge in [-0.25, -0.2) is 4.98 Å². The van der Waals surface area contributed by atoms with Gasteiger partial charge in [-0.3, -0.25) is 4.90 Å². The molecule has 3 rings (SSSR count). The maximum absolute atomic E-state index is 9.62. The van der Waals surface area contributed by atoms with E-state index in [0.29, 0.717) is 5.69 Å². The van der Waals surface area contributed by atoms with E-state index in [9.17, 15) is 5.11 Å². The van der Waals surface area contributed by atoms with Crippen LogP contribution in [0.15, 0.2) is 41.6 Å². The monoisotopic (exact) mass is 297 g/mol. The van der Waals surface area contributed by atoms with Gasteiger partial charge in [0.1, 0.15) is 11.4 Å². The molecule has 1 aromatic heterocycles. The Kier molecular flexibility index (Phi) is 4.34. The molecule has 0 saturated heterocycles. The van der Waals surface area contributed by atoms with Crippen molar-refractivity contribution < 1.29 is 10.3 Å². The van der Waals surface area contributed by atoms with Gasteiger partial charge in [-0.05, 0) is 29.7 Å². The van der Waals surface area contributed by atoms with Crippen LogP contribution >= 0.6 is 0 Å². The number of pyridine rings is 1. The Morgan fingerprint density at radius 3 is 2.82 bits per heavy atom. The van der Waals surface area contributed by atoms with Crippen LogP contribution in [0.1, 0.15) is 22.5 Å². The van der Waals surface area contributed by atoms with E-state index in [0.717, 1.165) is 44.4 Å². The zero-order chi connectivity index (χ0) is 15.4. The maximum atomic E-state index is 9.62. The quantitative estimate of drug-likeness (QED) is 0.516. The second-order valence-electron chi connectivity index (χ2n) is 5.50. The van der Waals surface area contributed by atoms with E-state index in [2.05, 4.69) is 39.3 Å². The lowest BCUT2D eigenvalue weighted by Crippen LogP contribution is -2.32. The van der Waals surface area contributed by atoms with Crippen LogP contribution in [0.2, 0.25) is 0 Å². The Morgan fingerprint density at radius 1 is 1.18 bits per heavy atom. The van der Waals surface area contributed by atoms with E-state index >= 15 is 0 Å². The van der Waals surface area contributed by atoms with Gasteiger partial charge in [0.15, 0.2) is 0 Å². The van der Waals surface area contributed by atoms with Crippen LogP contribution in [0.4, 0.5) is 0 Å². The third-order valence-electron chi connectivity index (χ3n) is 4.03. The molecule has 22 heavy (non-hydrogen) atoms. The first-order chi connectivity index (χ1) is 10.8. The topological polar surface area (TPSA) is 69.0 Å². The Hall–Kier alpha value is -2.40. The minimum absolute atomic E-state index is 0.0217. The molecule has 2 heterocycles. The lowest BCUT2D eigenvalue weighted by atomic mass is 10.00. The molecular weight excluding hydrogens is 278 g/mol. The average Bonchev–Trinajstić information content (AvgIpc) is 2.55. The molecule has 1 aliphatic rings. The summed E-state index contributed by atoms with van der Waals surface area (Å²) in [5.74, 6) is 0.0217. The molecule has 5 nitrogen and oxygen atoms in total. The van der Waals surface area contributed by atoms with Gasteiger partial charge in [-0.1, -0.05) is 29.4 Å². The average molecular weight is 297 g/mol. The highest BCUT2D eigenvalue weighted by atomic mass is 16.4. The van der Waals surface area contributed by atoms with E-state index in [4.69, 9.17) is 5.21 Å². The minimum atomic E-state index is 0.0217. The van der Waals surface area contributed by atoms with Crippen LogP contribution in [-0.2, 0) is 19.4 Å². The highest BCUT2D eigenvalue weighted by Gasteiger charge is 2.15. The number of fused-ring (bicyclic) bond motifs is 1. The van der Waals surface area contributed by atoms with Gasteiger partial charge in [-0.2, -0.15) is 0 Å². The molecular formula is C17H19N3O2. The summed E-state index contributed by atoms with van der Waals surface area (Å²) in [7, 11) is 0. The second kappa shape index (κ2) is 6.58. The first kappa shape index (κ1) is 14.5. The van der Waals surface area contributed by atoms with Gasteiger partial charge in [0.25, 0.3) is 0 Å². The van der Waals surface area contributed by atoms with Crippen LogP contribution in [0.25, 0.3) is 0 Å². The van der Waals surface area contributed by atoms with Crippen molar-refractivity contribution in [1.29, 1.82) is 0 Å². The molecule has 2 aromatic rings. The largest absolute Gasteiger partial charge is 0.506 e. The van der Waals surface area contributed by atoms with Gasteiger partial charge >= 0.3 is 0 Å². The van der Waals surface area contributed by atoms with Crippen LogP contribution < -0.4 is 0 Å². The van der Waals surface area contributed by atoms with Crippen molar-refractivity contribution >= 4 is 6.21 Å². The van der Waals surface area contributed by atoms with E-state index in [1.54, 1.807) is 6.07 Å². The van der Waals surface area contributed by atoms with Gasteiger partial charge in [-0.15, -0.1) is 0 Å². The Bertz CT molecular complexity index is 685. The fraction of sp³-hybridized carbons (Fsp3) is 0.294. The summed E-state index contributed by atoms with van der Waals surface area (Å²) in [6, 6.07) is 12.0. The number of rotatable bonds is 4. The third-order valence-corrected chi connectivity index (χ3v) is 4.03. The van der Waals surface area contributed by atoms with Crippen molar-refractivity contribution in [1.82, 2.24) is 9.88 Å². The molecule has 114 valence electrons. The number of oxime groups is 1. The first-order valence-electron chi connectivity index (χ1n) is 7.42. The predicted molar refractivity (Wildman–Crippen MR) is 84.4 cm³/mol. The van der Waals surface area contributed by atoms with Crippen molar-refractivity contribution in [2.24, 2.45) is 5.16 Å². The van der Waals surface area contributed by atoms with Crippen molar-refractivity contribution in [3.8, 4) is 5.75 Å². The molecule has 0 radical (unpaired) electrons. The van der Waals surface area contributed by atoms with Crippen molar-refractivity contribution in [2.75, 3.05) is 13.1 Å². The van der Waals surface area contributed by atoms with Gasteiger partial charge < -0.3 is 10.3 Å². The van der Waals surface area contributed by atoms with Gasteiger partial charge in [0.05, 0.1) is 6.21 Å². The number of benzene rings is 1. The number of aromatic hydroxyl groups is 1. The fourth-order valence-electron chi connectivity index (χ4n) is 2.82. The molecule has 1 aliphatic heterocycles. The summed E-state index contributed by atoms with van der Waals surface area (Å²) >= 11 is 0. The Balaban J connectivity index is 1.63. The summed E-state index contributed by atoms with van der Waals surface area (Å²) in [5, 5.41) is 21.1. The SMILES string of the molecule is O/N=C/c1nc(CCN2CCc3ccccc3C2)ccc1O. The molecule has 0 amide bonds. The number of hydrogen-bond acceptors (Lipinski definition) is 5. The number of aromatic nitrogens is 1. The highest BCUT2D eigenvalue weighted by Crippen LogP contribution is 2.19. The molecule has 0 fully saturated rings. The molecule has 0 atom stereocenters. The molecule has 0 saturated carbocycles. The lowest BCUT2D eigenvalue weighted by Gasteiger charge is -2.28. The maximum Gasteiger partial charge on any atom is 0.142 e. The highest BCUT2D eigenvalue weighted by molar-refractivity contribution is 5.80. The van der Waals surface area contributed by atoms with Crippen LogP contribution in [0.3, 0.4) is 0 Å². The Morgan fingerprint density at radius 2 is 2.00 bits per heavy atom. The molecule has 0 bridgehead atoms. The third kappa shape index (κ3) is 3.26. The van der Waals surface area contributed by atoms with E-state index in [1.165, 1.54) is 11.1 Å². The minimum Gasteiger partial charge on any atom is -0.506 e. The number of nitrogens with zero attached hydrogens (tertiary/aromatic N) is 3. The van der Waals surface area contributed by atoms with E-state index in [1.807, 2.05) is 6.07 Å². The van der Waals surface area contributed by atoms with Crippen molar-refractivity contribution in [3.05, 3.63) is 58.9 Å². The zero-order valence-corrected chi connectivity index (χ0v) is 12.3. The fourth-order valence-corrected chi connectivity index (χ4v) is 2.82. The van der Waals surface area contributed by atoms with Crippen LogP contribution in [0, 0.1) is 0 Å².